The van der Waals surface area contributed by atoms with E-state index in [1.54, 1.807) is 6.26 Å². The van der Waals surface area contributed by atoms with E-state index in [-0.39, 0.29) is 24.0 Å². The number of pyridine rings is 1. The van der Waals surface area contributed by atoms with E-state index >= 15 is 0 Å². The Hall–Kier alpha value is -2.18. The van der Waals surface area contributed by atoms with Gasteiger partial charge in [-0.2, -0.15) is 0 Å². The molecule has 1 amide bonds. The average molecular weight is 341 g/mol. The van der Waals surface area contributed by atoms with E-state index in [9.17, 15) is 4.79 Å². The number of nitrogens with zero attached hydrogens (tertiary/aromatic N) is 2. The number of furan rings is 1. The van der Waals surface area contributed by atoms with Crippen LogP contribution in [-0.2, 0) is 22.6 Å². The van der Waals surface area contributed by atoms with Crippen LogP contribution in [-0.4, -0.2) is 41.1 Å². The number of amides is 1. The van der Waals surface area contributed by atoms with Gasteiger partial charge in [-0.05, 0) is 37.6 Å². The summed E-state index contributed by atoms with van der Waals surface area (Å²) < 4.78 is 11.3. The summed E-state index contributed by atoms with van der Waals surface area (Å²) in [5.74, 6) is 0.734. The van der Waals surface area contributed by atoms with E-state index < -0.39 is 0 Å². The summed E-state index contributed by atoms with van der Waals surface area (Å²) in [4.78, 5) is 19.5. The Morgan fingerprint density at radius 2 is 2.24 bits per heavy atom. The van der Waals surface area contributed by atoms with Gasteiger partial charge in [-0.1, -0.05) is 6.07 Å². The molecule has 6 heteroatoms. The van der Waals surface area contributed by atoms with Crippen LogP contribution in [0.25, 0.3) is 0 Å². The van der Waals surface area contributed by atoms with Gasteiger partial charge in [-0.3, -0.25) is 14.7 Å². The fourth-order valence-electron chi connectivity index (χ4n) is 3.78. The molecule has 2 aliphatic heterocycles. The number of hydrogen-bond acceptors (Lipinski definition) is 5. The monoisotopic (exact) mass is 341 g/mol. The van der Waals surface area contributed by atoms with Gasteiger partial charge < -0.3 is 14.5 Å². The predicted molar refractivity (Wildman–Crippen MR) is 91.6 cm³/mol. The second-order valence-corrected chi connectivity index (χ2v) is 6.90. The Balaban J connectivity index is 1.34. The lowest BCUT2D eigenvalue weighted by Crippen LogP contribution is -2.45. The van der Waals surface area contributed by atoms with Crippen LogP contribution in [0.15, 0.2) is 41.0 Å². The number of rotatable bonds is 5. The Kier molecular flexibility index (Phi) is 4.55. The van der Waals surface area contributed by atoms with E-state index in [0.29, 0.717) is 6.54 Å². The molecule has 2 fully saturated rings. The molecule has 0 aromatic carbocycles. The lowest BCUT2D eigenvalue weighted by atomic mass is 9.99. The molecule has 1 N–H and O–H groups in total. The van der Waals surface area contributed by atoms with Crippen LogP contribution in [0.5, 0.6) is 0 Å². The summed E-state index contributed by atoms with van der Waals surface area (Å²) in [6, 6.07) is 9.78. The number of carbonyl (C=O) groups excluding carboxylic acids is 1. The second-order valence-electron chi connectivity index (χ2n) is 6.90. The molecule has 6 nitrogen and oxygen atoms in total. The molecular weight excluding hydrogens is 318 g/mol. The zero-order valence-corrected chi connectivity index (χ0v) is 14.4. The minimum Gasteiger partial charge on any atom is -0.467 e. The van der Waals surface area contributed by atoms with Crippen LogP contribution in [0, 0.1) is 12.8 Å². The number of hydrogen-bond donors (Lipinski definition) is 1. The quantitative estimate of drug-likeness (QED) is 0.899. The molecule has 2 aliphatic rings. The van der Waals surface area contributed by atoms with Gasteiger partial charge in [-0.25, -0.2) is 0 Å². The number of fused-ring (bicyclic) bond motifs is 2. The van der Waals surface area contributed by atoms with Gasteiger partial charge in [0.25, 0.3) is 0 Å². The SMILES string of the molecule is Cc1cccc(CN2C[C@H]3C[C@@H](C(=O)NCc4ccco4)[C@@H](C2)O3)n1. The first-order valence-electron chi connectivity index (χ1n) is 8.78. The number of nitrogens with one attached hydrogen (secondary N) is 1. The van der Waals surface area contributed by atoms with Gasteiger partial charge in [0.1, 0.15) is 5.76 Å². The first-order chi connectivity index (χ1) is 12.2. The molecule has 2 bridgehead atoms. The van der Waals surface area contributed by atoms with E-state index in [0.717, 1.165) is 43.2 Å². The summed E-state index contributed by atoms with van der Waals surface area (Å²) >= 11 is 0. The van der Waals surface area contributed by atoms with Crippen molar-refractivity contribution in [3.63, 3.8) is 0 Å². The van der Waals surface area contributed by atoms with Crippen molar-refractivity contribution in [2.45, 2.75) is 38.6 Å². The Bertz CT molecular complexity index is 731. The summed E-state index contributed by atoms with van der Waals surface area (Å²) in [7, 11) is 0. The highest BCUT2D eigenvalue weighted by Gasteiger charge is 2.44. The highest BCUT2D eigenvalue weighted by Crippen LogP contribution is 2.32. The molecule has 25 heavy (non-hydrogen) atoms. The lowest BCUT2D eigenvalue weighted by molar-refractivity contribution is -0.128. The molecule has 0 spiro atoms. The molecule has 0 aliphatic carbocycles. The molecule has 132 valence electrons. The highest BCUT2D eigenvalue weighted by molar-refractivity contribution is 5.79. The van der Waals surface area contributed by atoms with Crippen LogP contribution in [0.1, 0.15) is 23.6 Å². The van der Waals surface area contributed by atoms with Crippen molar-refractivity contribution < 1.29 is 13.9 Å². The van der Waals surface area contributed by atoms with Gasteiger partial charge in [0.05, 0.1) is 36.6 Å². The normalized spacial score (nSPS) is 25.9. The summed E-state index contributed by atoms with van der Waals surface area (Å²) in [6.45, 7) is 4.86. The minimum absolute atomic E-state index is 0.0415. The summed E-state index contributed by atoms with van der Waals surface area (Å²) in [5, 5.41) is 2.97. The first kappa shape index (κ1) is 16.3. The number of ether oxygens (including phenoxy) is 1. The van der Waals surface area contributed by atoms with Crippen molar-refractivity contribution in [1.82, 2.24) is 15.2 Å². The number of morpholine rings is 1. The Morgan fingerprint density at radius 1 is 1.32 bits per heavy atom. The molecule has 2 saturated heterocycles. The van der Waals surface area contributed by atoms with Crippen molar-refractivity contribution in [1.29, 1.82) is 0 Å². The third-order valence-corrected chi connectivity index (χ3v) is 4.92. The van der Waals surface area contributed by atoms with Crippen LogP contribution in [0.4, 0.5) is 0 Å². The van der Waals surface area contributed by atoms with Crippen LogP contribution in [0.3, 0.4) is 0 Å². The summed E-state index contributed by atoms with van der Waals surface area (Å²) in [5.41, 5.74) is 2.10. The van der Waals surface area contributed by atoms with Gasteiger partial charge in [0.15, 0.2) is 0 Å². The van der Waals surface area contributed by atoms with Crippen molar-refractivity contribution in [2.75, 3.05) is 13.1 Å². The lowest BCUT2D eigenvalue weighted by Gasteiger charge is -2.32. The predicted octanol–water partition coefficient (Wildman–Crippen LogP) is 1.89. The maximum Gasteiger partial charge on any atom is 0.226 e. The fraction of sp³-hybridized carbons (Fsp3) is 0.474. The van der Waals surface area contributed by atoms with Crippen molar-refractivity contribution in [3.05, 3.63) is 53.7 Å². The van der Waals surface area contributed by atoms with Crippen molar-refractivity contribution >= 4 is 5.91 Å². The third kappa shape index (κ3) is 3.75. The van der Waals surface area contributed by atoms with Gasteiger partial charge in [0.2, 0.25) is 5.91 Å². The van der Waals surface area contributed by atoms with Gasteiger partial charge in [-0.15, -0.1) is 0 Å². The maximum atomic E-state index is 12.5. The topological polar surface area (TPSA) is 67.6 Å². The standard InChI is InChI=1S/C19H23N3O3/c1-13-4-2-5-14(21-13)10-22-11-16-8-17(18(12-22)25-16)19(23)20-9-15-6-3-7-24-15/h2-7,16-18H,8-12H2,1H3,(H,20,23)/t16-,17-,18-/m1/s1. The third-order valence-electron chi connectivity index (χ3n) is 4.92. The van der Waals surface area contributed by atoms with Crippen LogP contribution >= 0.6 is 0 Å². The van der Waals surface area contributed by atoms with Crippen LogP contribution < -0.4 is 5.32 Å². The van der Waals surface area contributed by atoms with E-state index in [1.165, 1.54) is 0 Å². The average Bonchev–Trinajstić information content (AvgIpc) is 3.20. The number of aromatic nitrogens is 1. The summed E-state index contributed by atoms with van der Waals surface area (Å²) in [6.07, 6.45) is 2.49. The van der Waals surface area contributed by atoms with Gasteiger partial charge >= 0.3 is 0 Å². The first-order valence-corrected chi connectivity index (χ1v) is 8.78. The molecule has 0 radical (unpaired) electrons. The maximum absolute atomic E-state index is 12.5. The van der Waals surface area contributed by atoms with Crippen molar-refractivity contribution in [2.24, 2.45) is 5.92 Å². The molecule has 4 rings (SSSR count). The number of likely N-dealkylation sites (tertiary alicyclic amines) is 1. The molecule has 3 atom stereocenters. The van der Waals surface area contributed by atoms with E-state index in [1.807, 2.05) is 31.2 Å². The largest absolute Gasteiger partial charge is 0.467 e. The fourth-order valence-corrected chi connectivity index (χ4v) is 3.78. The van der Waals surface area contributed by atoms with E-state index in [4.69, 9.17) is 9.15 Å². The molecule has 4 heterocycles. The molecular formula is C19H23N3O3. The Morgan fingerprint density at radius 3 is 3.04 bits per heavy atom. The molecule has 2 aromatic heterocycles. The zero-order chi connectivity index (χ0) is 17.2. The highest BCUT2D eigenvalue weighted by atomic mass is 16.5. The number of carbonyl (C=O) groups is 1. The number of aryl methyl sites for hydroxylation is 1. The minimum atomic E-state index is -0.0876. The van der Waals surface area contributed by atoms with Crippen LogP contribution in [0.2, 0.25) is 0 Å². The zero-order valence-electron chi connectivity index (χ0n) is 14.4. The molecule has 2 aromatic rings. The van der Waals surface area contributed by atoms with E-state index in [2.05, 4.69) is 21.3 Å². The van der Waals surface area contributed by atoms with Gasteiger partial charge in [0, 0.05) is 25.3 Å². The Labute approximate surface area is 147 Å². The molecule has 0 saturated carbocycles. The smallest absolute Gasteiger partial charge is 0.226 e. The van der Waals surface area contributed by atoms with Crippen molar-refractivity contribution in [3.8, 4) is 0 Å². The second kappa shape index (κ2) is 6.98. The molecule has 0 unspecified atom stereocenters.